The largest absolute Gasteiger partial charge is 0.351 e. The SMILES string of the molecule is CCNCCNC(=O)c1ccc(Cl)cc1C.Cl. The molecule has 0 aromatic heterocycles. The van der Waals surface area contributed by atoms with Crippen LogP contribution in [0.15, 0.2) is 18.2 Å². The summed E-state index contributed by atoms with van der Waals surface area (Å²) in [5.41, 5.74) is 1.58. The summed E-state index contributed by atoms with van der Waals surface area (Å²) < 4.78 is 0. The van der Waals surface area contributed by atoms with Gasteiger partial charge in [-0.05, 0) is 37.2 Å². The first-order chi connectivity index (χ1) is 7.65. The third-order valence-corrected chi connectivity index (χ3v) is 2.51. The number of hydrogen-bond donors (Lipinski definition) is 2. The Labute approximate surface area is 113 Å². The van der Waals surface area contributed by atoms with E-state index < -0.39 is 0 Å². The molecule has 3 nitrogen and oxygen atoms in total. The highest BCUT2D eigenvalue weighted by Crippen LogP contribution is 2.14. The molecule has 0 radical (unpaired) electrons. The second kappa shape index (κ2) is 8.34. The molecule has 5 heteroatoms. The minimum atomic E-state index is -0.0490. The first kappa shape index (κ1) is 16.2. The van der Waals surface area contributed by atoms with Crippen LogP contribution in [0.4, 0.5) is 0 Å². The van der Waals surface area contributed by atoms with E-state index in [9.17, 15) is 4.79 Å². The fourth-order valence-corrected chi connectivity index (χ4v) is 1.64. The zero-order chi connectivity index (χ0) is 12.0. The Hall–Kier alpha value is -0.770. The Bertz CT molecular complexity index is 370. The van der Waals surface area contributed by atoms with Crippen molar-refractivity contribution in [3.63, 3.8) is 0 Å². The minimum absolute atomic E-state index is 0. The molecule has 0 bridgehead atoms. The van der Waals surface area contributed by atoms with Crippen LogP contribution >= 0.6 is 24.0 Å². The molecular formula is C12H18Cl2N2O. The van der Waals surface area contributed by atoms with Crippen LogP contribution in [0.25, 0.3) is 0 Å². The number of hydrogen-bond acceptors (Lipinski definition) is 2. The number of carbonyl (C=O) groups excluding carboxylic acids is 1. The van der Waals surface area contributed by atoms with Gasteiger partial charge in [-0.1, -0.05) is 18.5 Å². The molecule has 0 fully saturated rings. The number of nitrogens with one attached hydrogen (secondary N) is 2. The molecule has 0 saturated carbocycles. The zero-order valence-electron chi connectivity index (χ0n) is 10.0. The van der Waals surface area contributed by atoms with E-state index in [1.807, 2.05) is 13.8 Å². The number of carbonyl (C=O) groups is 1. The predicted molar refractivity (Wildman–Crippen MR) is 74.3 cm³/mol. The lowest BCUT2D eigenvalue weighted by atomic mass is 10.1. The van der Waals surface area contributed by atoms with Gasteiger partial charge in [-0.3, -0.25) is 4.79 Å². The molecule has 0 saturated heterocycles. The number of amides is 1. The maximum atomic E-state index is 11.8. The van der Waals surface area contributed by atoms with Crippen LogP contribution in [0.3, 0.4) is 0 Å². The maximum absolute atomic E-state index is 11.8. The predicted octanol–water partition coefficient (Wildman–Crippen LogP) is 2.41. The van der Waals surface area contributed by atoms with E-state index in [-0.39, 0.29) is 18.3 Å². The van der Waals surface area contributed by atoms with Crippen LogP contribution in [0, 0.1) is 6.92 Å². The molecule has 17 heavy (non-hydrogen) atoms. The van der Waals surface area contributed by atoms with E-state index >= 15 is 0 Å². The Kier molecular flexibility index (Phi) is 7.96. The van der Waals surface area contributed by atoms with Crippen molar-refractivity contribution in [1.82, 2.24) is 10.6 Å². The van der Waals surface area contributed by atoms with Gasteiger partial charge in [-0.15, -0.1) is 12.4 Å². The second-order valence-corrected chi connectivity index (χ2v) is 4.01. The Morgan fingerprint density at radius 1 is 1.35 bits per heavy atom. The second-order valence-electron chi connectivity index (χ2n) is 3.57. The average molecular weight is 277 g/mol. The van der Waals surface area contributed by atoms with Crippen LogP contribution in [0.2, 0.25) is 5.02 Å². The lowest BCUT2D eigenvalue weighted by Crippen LogP contribution is -2.32. The van der Waals surface area contributed by atoms with Gasteiger partial charge in [0.1, 0.15) is 0 Å². The summed E-state index contributed by atoms with van der Waals surface area (Å²) in [5, 5.41) is 6.65. The normalized spacial score (nSPS) is 9.59. The molecule has 1 amide bonds. The van der Waals surface area contributed by atoms with Gasteiger partial charge in [0.15, 0.2) is 0 Å². The Morgan fingerprint density at radius 3 is 2.65 bits per heavy atom. The van der Waals surface area contributed by atoms with Crippen molar-refractivity contribution in [3.8, 4) is 0 Å². The van der Waals surface area contributed by atoms with Crippen LogP contribution in [-0.2, 0) is 0 Å². The van der Waals surface area contributed by atoms with E-state index in [4.69, 9.17) is 11.6 Å². The topological polar surface area (TPSA) is 41.1 Å². The fraction of sp³-hybridized carbons (Fsp3) is 0.417. The summed E-state index contributed by atoms with van der Waals surface area (Å²) in [6.07, 6.45) is 0. The van der Waals surface area contributed by atoms with Crippen molar-refractivity contribution in [2.45, 2.75) is 13.8 Å². The van der Waals surface area contributed by atoms with Gasteiger partial charge in [0.2, 0.25) is 0 Å². The molecule has 0 unspecified atom stereocenters. The lowest BCUT2D eigenvalue weighted by molar-refractivity contribution is 0.0953. The Balaban J connectivity index is 0.00000256. The standard InChI is InChI=1S/C12H17ClN2O.ClH/c1-3-14-6-7-15-12(16)11-5-4-10(13)8-9(11)2;/h4-5,8,14H,3,6-7H2,1-2H3,(H,15,16);1H. The highest BCUT2D eigenvalue weighted by atomic mass is 35.5. The summed E-state index contributed by atoms with van der Waals surface area (Å²) in [4.78, 5) is 11.8. The van der Waals surface area contributed by atoms with Crippen LogP contribution in [-0.4, -0.2) is 25.5 Å². The molecule has 1 aromatic rings. The molecule has 0 spiro atoms. The van der Waals surface area contributed by atoms with Gasteiger partial charge in [0.05, 0.1) is 0 Å². The van der Waals surface area contributed by atoms with Gasteiger partial charge in [0.25, 0.3) is 5.91 Å². The number of benzene rings is 1. The zero-order valence-corrected chi connectivity index (χ0v) is 11.6. The third kappa shape index (κ3) is 5.39. The number of aryl methyl sites for hydroxylation is 1. The highest BCUT2D eigenvalue weighted by molar-refractivity contribution is 6.30. The highest BCUT2D eigenvalue weighted by Gasteiger charge is 2.07. The van der Waals surface area contributed by atoms with Crippen molar-refractivity contribution >= 4 is 29.9 Å². The number of halogens is 2. The molecule has 0 aliphatic rings. The van der Waals surface area contributed by atoms with Crippen LogP contribution in [0.1, 0.15) is 22.8 Å². The van der Waals surface area contributed by atoms with E-state index in [0.717, 1.165) is 18.7 Å². The van der Waals surface area contributed by atoms with Gasteiger partial charge in [-0.2, -0.15) is 0 Å². The van der Waals surface area contributed by atoms with Gasteiger partial charge >= 0.3 is 0 Å². The summed E-state index contributed by atoms with van der Waals surface area (Å²) in [6, 6.07) is 5.27. The first-order valence-electron chi connectivity index (χ1n) is 5.40. The van der Waals surface area contributed by atoms with E-state index in [0.29, 0.717) is 17.1 Å². The van der Waals surface area contributed by atoms with E-state index in [2.05, 4.69) is 10.6 Å². The Morgan fingerprint density at radius 2 is 2.06 bits per heavy atom. The average Bonchev–Trinajstić information content (AvgIpc) is 2.24. The van der Waals surface area contributed by atoms with Crippen molar-refractivity contribution in [1.29, 1.82) is 0 Å². The quantitative estimate of drug-likeness (QED) is 0.811. The maximum Gasteiger partial charge on any atom is 0.251 e. The molecule has 1 rings (SSSR count). The van der Waals surface area contributed by atoms with Crippen molar-refractivity contribution in [2.75, 3.05) is 19.6 Å². The molecule has 0 aliphatic carbocycles. The fourth-order valence-electron chi connectivity index (χ4n) is 1.42. The summed E-state index contributed by atoms with van der Waals surface area (Å²) in [6.45, 7) is 6.25. The van der Waals surface area contributed by atoms with Gasteiger partial charge < -0.3 is 10.6 Å². The first-order valence-corrected chi connectivity index (χ1v) is 5.78. The van der Waals surface area contributed by atoms with E-state index in [1.54, 1.807) is 18.2 Å². The summed E-state index contributed by atoms with van der Waals surface area (Å²) >= 11 is 5.83. The summed E-state index contributed by atoms with van der Waals surface area (Å²) in [7, 11) is 0. The van der Waals surface area contributed by atoms with Crippen LogP contribution in [0.5, 0.6) is 0 Å². The molecular weight excluding hydrogens is 259 g/mol. The smallest absolute Gasteiger partial charge is 0.251 e. The number of likely N-dealkylation sites (N-methyl/N-ethyl adjacent to an activating group) is 1. The van der Waals surface area contributed by atoms with Crippen molar-refractivity contribution in [2.24, 2.45) is 0 Å². The van der Waals surface area contributed by atoms with Crippen molar-refractivity contribution < 1.29 is 4.79 Å². The van der Waals surface area contributed by atoms with Gasteiger partial charge in [-0.25, -0.2) is 0 Å². The molecule has 96 valence electrons. The van der Waals surface area contributed by atoms with Crippen molar-refractivity contribution in [3.05, 3.63) is 34.3 Å². The monoisotopic (exact) mass is 276 g/mol. The summed E-state index contributed by atoms with van der Waals surface area (Å²) in [5.74, 6) is -0.0490. The minimum Gasteiger partial charge on any atom is -0.351 e. The third-order valence-electron chi connectivity index (χ3n) is 2.27. The molecule has 0 heterocycles. The van der Waals surface area contributed by atoms with Crippen LogP contribution < -0.4 is 10.6 Å². The van der Waals surface area contributed by atoms with E-state index in [1.165, 1.54) is 0 Å². The van der Waals surface area contributed by atoms with Gasteiger partial charge in [0, 0.05) is 23.7 Å². The molecule has 0 aliphatic heterocycles. The molecule has 1 aromatic carbocycles. The number of rotatable bonds is 5. The molecule has 2 N–H and O–H groups in total. The molecule has 0 atom stereocenters. The lowest BCUT2D eigenvalue weighted by Gasteiger charge is -2.08.